The third-order valence-corrected chi connectivity index (χ3v) is 7.34. The van der Waals surface area contributed by atoms with Crippen molar-refractivity contribution in [2.24, 2.45) is 5.92 Å². The predicted octanol–water partition coefficient (Wildman–Crippen LogP) is 4.08. The van der Waals surface area contributed by atoms with Crippen molar-refractivity contribution in [3.8, 4) is 11.3 Å². The number of carbonyl (C=O) groups is 1. The maximum absolute atomic E-state index is 12.9. The van der Waals surface area contributed by atoms with Gasteiger partial charge in [-0.05, 0) is 43.9 Å². The molecule has 0 N–H and O–H groups in total. The van der Waals surface area contributed by atoms with Gasteiger partial charge in [0.25, 0.3) is 0 Å². The van der Waals surface area contributed by atoms with E-state index < -0.39 is 0 Å². The van der Waals surface area contributed by atoms with Crippen LogP contribution in [0.2, 0.25) is 0 Å². The molecular formula is C25H28N6OS. The first-order valence-corrected chi connectivity index (χ1v) is 12.2. The number of anilines is 1. The Morgan fingerprint density at radius 1 is 1.12 bits per heavy atom. The summed E-state index contributed by atoms with van der Waals surface area (Å²) in [5, 5.41) is 5.74. The second-order valence-electron chi connectivity index (χ2n) is 8.73. The summed E-state index contributed by atoms with van der Waals surface area (Å²) < 4.78 is 1.87. The molecule has 7 nitrogen and oxygen atoms in total. The summed E-state index contributed by atoms with van der Waals surface area (Å²) in [6, 6.07) is 12.4. The van der Waals surface area contributed by atoms with Crippen molar-refractivity contribution in [2.45, 2.75) is 26.2 Å². The summed E-state index contributed by atoms with van der Waals surface area (Å²) in [5.74, 6) is 0.335. The first kappa shape index (κ1) is 21.6. The van der Waals surface area contributed by atoms with Crippen LogP contribution in [0.1, 0.15) is 24.0 Å². The highest BCUT2D eigenvalue weighted by Gasteiger charge is 2.28. The van der Waals surface area contributed by atoms with E-state index in [1.807, 2.05) is 34.8 Å². The molecule has 1 fully saturated rings. The molecule has 1 aliphatic rings. The Balaban J connectivity index is 1.17. The lowest BCUT2D eigenvalue weighted by Gasteiger charge is -2.32. The maximum Gasteiger partial charge on any atom is 0.225 e. The van der Waals surface area contributed by atoms with Gasteiger partial charge in [0.2, 0.25) is 16.0 Å². The van der Waals surface area contributed by atoms with Crippen LogP contribution in [0.4, 0.5) is 5.13 Å². The smallest absolute Gasteiger partial charge is 0.225 e. The molecule has 1 aliphatic heterocycles. The number of benzene rings is 1. The molecule has 1 amide bonds. The molecule has 4 heterocycles. The number of aromatic nitrogens is 4. The van der Waals surface area contributed by atoms with Gasteiger partial charge >= 0.3 is 0 Å². The fraction of sp³-hybridized carbons (Fsp3) is 0.360. The van der Waals surface area contributed by atoms with E-state index >= 15 is 0 Å². The van der Waals surface area contributed by atoms with Crippen LogP contribution >= 0.6 is 11.3 Å². The van der Waals surface area contributed by atoms with Crippen molar-refractivity contribution >= 4 is 27.3 Å². The first-order valence-electron chi connectivity index (χ1n) is 11.4. The average Bonchev–Trinajstić information content (AvgIpc) is 3.43. The van der Waals surface area contributed by atoms with Gasteiger partial charge in [0, 0.05) is 50.6 Å². The molecule has 0 unspecified atom stereocenters. The number of aryl methyl sites for hydroxylation is 1. The Labute approximate surface area is 197 Å². The standard InChI is InChI=1S/C25H28N6OS/c1-18-3-5-20(6-4-18)22-17-31-24(27-22)33-25(28-31)30-15-10-21(11-16-30)23(32)29(2)14-9-19-7-12-26-13-8-19/h3-8,12-13,17,21H,9-11,14-16H2,1-2H3. The quantitative estimate of drug-likeness (QED) is 0.434. The lowest BCUT2D eigenvalue weighted by molar-refractivity contribution is -0.134. The number of rotatable bonds is 6. The summed E-state index contributed by atoms with van der Waals surface area (Å²) >= 11 is 1.61. The fourth-order valence-electron chi connectivity index (χ4n) is 4.27. The van der Waals surface area contributed by atoms with Gasteiger partial charge < -0.3 is 9.80 Å². The summed E-state index contributed by atoms with van der Waals surface area (Å²) in [6.07, 6.45) is 8.16. The van der Waals surface area contributed by atoms with Crippen molar-refractivity contribution in [1.29, 1.82) is 0 Å². The van der Waals surface area contributed by atoms with Crippen LogP contribution in [-0.2, 0) is 11.2 Å². The van der Waals surface area contributed by atoms with E-state index in [1.165, 1.54) is 11.1 Å². The second kappa shape index (κ2) is 9.31. The molecule has 4 aromatic rings. The van der Waals surface area contributed by atoms with Crippen molar-refractivity contribution < 1.29 is 4.79 Å². The molecule has 1 aromatic carbocycles. The minimum atomic E-state index is 0.0841. The molecule has 8 heteroatoms. The topological polar surface area (TPSA) is 66.6 Å². The minimum Gasteiger partial charge on any atom is -0.347 e. The van der Waals surface area contributed by atoms with Gasteiger partial charge in [0.1, 0.15) is 0 Å². The predicted molar refractivity (Wildman–Crippen MR) is 132 cm³/mol. The Morgan fingerprint density at radius 3 is 2.55 bits per heavy atom. The zero-order valence-electron chi connectivity index (χ0n) is 19.0. The van der Waals surface area contributed by atoms with Gasteiger partial charge in [-0.25, -0.2) is 9.50 Å². The van der Waals surface area contributed by atoms with Gasteiger partial charge in [-0.1, -0.05) is 41.2 Å². The molecule has 1 saturated heterocycles. The summed E-state index contributed by atoms with van der Waals surface area (Å²) in [5.41, 5.74) is 4.49. The molecule has 0 aliphatic carbocycles. The van der Waals surface area contributed by atoms with Crippen molar-refractivity contribution in [2.75, 3.05) is 31.6 Å². The molecule has 0 saturated carbocycles. The SMILES string of the molecule is Cc1ccc(-c2cn3nc(N4CCC(C(=O)N(C)CCc5ccncc5)CC4)sc3n2)cc1. The number of carbonyl (C=O) groups excluding carboxylic acids is 1. The molecular weight excluding hydrogens is 432 g/mol. The number of fused-ring (bicyclic) bond motifs is 1. The van der Waals surface area contributed by atoms with Crippen LogP contribution in [0.5, 0.6) is 0 Å². The number of nitrogens with zero attached hydrogens (tertiary/aromatic N) is 6. The maximum atomic E-state index is 12.9. The van der Waals surface area contributed by atoms with Crippen LogP contribution in [0, 0.1) is 12.8 Å². The van der Waals surface area contributed by atoms with Crippen LogP contribution < -0.4 is 4.90 Å². The van der Waals surface area contributed by atoms with Crippen molar-refractivity contribution in [1.82, 2.24) is 24.5 Å². The minimum absolute atomic E-state index is 0.0841. The summed E-state index contributed by atoms with van der Waals surface area (Å²) in [6.45, 7) is 4.50. The monoisotopic (exact) mass is 460 g/mol. The number of hydrogen-bond acceptors (Lipinski definition) is 6. The fourth-order valence-corrected chi connectivity index (χ4v) is 5.20. The van der Waals surface area contributed by atoms with E-state index in [1.54, 1.807) is 23.7 Å². The zero-order chi connectivity index (χ0) is 22.8. The van der Waals surface area contributed by atoms with Crippen molar-refractivity contribution in [3.63, 3.8) is 0 Å². The van der Waals surface area contributed by atoms with Gasteiger partial charge in [-0.15, -0.1) is 5.10 Å². The molecule has 3 aromatic heterocycles. The second-order valence-corrected chi connectivity index (χ2v) is 9.66. The summed E-state index contributed by atoms with van der Waals surface area (Å²) in [4.78, 5) is 26.8. The van der Waals surface area contributed by atoms with Crippen LogP contribution in [-0.4, -0.2) is 57.1 Å². The molecule has 170 valence electrons. The van der Waals surface area contributed by atoms with E-state index in [9.17, 15) is 4.79 Å². The number of piperidine rings is 1. The van der Waals surface area contributed by atoms with E-state index in [0.717, 1.165) is 60.2 Å². The van der Waals surface area contributed by atoms with Crippen LogP contribution in [0.3, 0.4) is 0 Å². The number of amides is 1. The van der Waals surface area contributed by atoms with E-state index in [4.69, 9.17) is 10.1 Å². The number of likely N-dealkylation sites (N-methyl/N-ethyl adjacent to an activating group) is 1. The van der Waals surface area contributed by atoms with Gasteiger partial charge in [0.05, 0.1) is 11.9 Å². The Hall–Kier alpha value is -3.26. The molecule has 5 rings (SSSR count). The molecule has 0 atom stereocenters. The Bertz CT molecular complexity index is 1190. The van der Waals surface area contributed by atoms with E-state index in [-0.39, 0.29) is 11.8 Å². The van der Waals surface area contributed by atoms with Gasteiger partial charge in [-0.3, -0.25) is 9.78 Å². The normalized spacial score (nSPS) is 14.7. The van der Waals surface area contributed by atoms with E-state index in [2.05, 4.69) is 41.1 Å². The lowest BCUT2D eigenvalue weighted by Crippen LogP contribution is -2.41. The molecule has 0 radical (unpaired) electrons. The zero-order valence-corrected chi connectivity index (χ0v) is 19.8. The highest BCUT2D eigenvalue weighted by Crippen LogP contribution is 2.30. The first-order chi connectivity index (χ1) is 16.1. The van der Waals surface area contributed by atoms with Gasteiger partial charge in [-0.2, -0.15) is 0 Å². The van der Waals surface area contributed by atoms with Gasteiger partial charge in [0.15, 0.2) is 0 Å². The molecule has 0 spiro atoms. The van der Waals surface area contributed by atoms with Crippen LogP contribution in [0.15, 0.2) is 55.0 Å². The Kier molecular flexibility index (Phi) is 6.09. The third kappa shape index (κ3) is 4.75. The highest BCUT2D eigenvalue weighted by molar-refractivity contribution is 7.20. The summed E-state index contributed by atoms with van der Waals surface area (Å²) in [7, 11) is 1.91. The van der Waals surface area contributed by atoms with Crippen molar-refractivity contribution in [3.05, 3.63) is 66.1 Å². The third-order valence-electron chi connectivity index (χ3n) is 6.36. The Morgan fingerprint density at radius 2 is 1.85 bits per heavy atom. The molecule has 33 heavy (non-hydrogen) atoms. The molecule has 0 bridgehead atoms. The van der Waals surface area contributed by atoms with Crippen LogP contribution in [0.25, 0.3) is 16.2 Å². The number of imidazole rings is 1. The lowest BCUT2D eigenvalue weighted by atomic mass is 9.95. The number of hydrogen-bond donors (Lipinski definition) is 0. The highest BCUT2D eigenvalue weighted by atomic mass is 32.1. The largest absolute Gasteiger partial charge is 0.347 e. The average molecular weight is 461 g/mol. The van der Waals surface area contributed by atoms with E-state index in [0.29, 0.717) is 0 Å². The number of pyridine rings is 1.